The summed E-state index contributed by atoms with van der Waals surface area (Å²) in [7, 11) is 1.73. The Labute approximate surface area is 142 Å². The van der Waals surface area contributed by atoms with Gasteiger partial charge in [-0.3, -0.25) is 4.79 Å². The number of amides is 1. The molecule has 0 radical (unpaired) electrons. The number of rotatable bonds is 7. The van der Waals surface area contributed by atoms with E-state index in [1.807, 2.05) is 43.3 Å². The van der Waals surface area contributed by atoms with Gasteiger partial charge in [0.2, 0.25) is 0 Å². The highest BCUT2D eigenvalue weighted by atomic mass is 16.5. The number of benzene rings is 2. The Balaban J connectivity index is 1.80. The second-order valence-electron chi connectivity index (χ2n) is 5.49. The van der Waals surface area contributed by atoms with Crippen LogP contribution >= 0.6 is 0 Å². The van der Waals surface area contributed by atoms with Gasteiger partial charge in [-0.1, -0.05) is 49.4 Å². The van der Waals surface area contributed by atoms with Crippen LogP contribution in [0.5, 0.6) is 0 Å². The minimum absolute atomic E-state index is 0.191. The zero-order valence-electron chi connectivity index (χ0n) is 13.9. The number of esters is 1. The van der Waals surface area contributed by atoms with E-state index in [1.165, 1.54) is 0 Å². The Morgan fingerprint density at radius 2 is 1.71 bits per heavy atom. The summed E-state index contributed by atoms with van der Waals surface area (Å²) in [6.07, 6.45) is 0. The average Bonchev–Trinajstić information content (AvgIpc) is 2.64. The van der Waals surface area contributed by atoms with Gasteiger partial charge in [-0.15, -0.1) is 0 Å². The van der Waals surface area contributed by atoms with Crippen molar-refractivity contribution in [2.75, 3.05) is 25.5 Å². The highest BCUT2D eigenvalue weighted by molar-refractivity contribution is 5.96. The van der Waals surface area contributed by atoms with Crippen LogP contribution in [0.4, 0.5) is 5.69 Å². The normalized spacial score (nSPS) is 11.4. The first-order valence-electron chi connectivity index (χ1n) is 7.87. The lowest BCUT2D eigenvalue weighted by Crippen LogP contribution is -2.31. The quantitative estimate of drug-likeness (QED) is 0.768. The summed E-state index contributed by atoms with van der Waals surface area (Å²) in [5.41, 5.74) is 2.23. The minimum atomic E-state index is -0.522. The van der Waals surface area contributed by atoms with E-state index in [2.05, 4.69) is 10.6 Å². The number of hydrogen-bond donors (Lipinski definition) is 2. The van der Waals surface area contributed by atoms with E-state index in [0.29, 0.717) is 17.8 Å². The van der Waals surface area contributed by atoms with E-state index >= 15 is 0 Å². The number of ether oxygens (including phenoxy) is 1. The van der Waals surface area contributed by atoms with Crippen molar-refractivity contribution in [3.05, 3.63) is 65.7 Å². The fourth-order valence-corrected chi connectivity index (χ4v) is 2.31. The van der Waals surface area contributed by atoms with Gasteiger partial charge in [0.25, 0.3) is 5.91 Å². The van der Waals surface area contributed by atoms with Crippen molar-refractivity contribution in [3.63, 3.8) is 0 Å². The molecule has 2 rings (SSSR count). The first-order chi connectivity index (χ1) is 11.6. The van der Waals surface area contributed by atoms with Crippen molar-refractivity contribution < 1.29 is 14.3 Å². The topological polar surface area (TPSA) is 67.4 Å². The molecule has 2 aromatic carbocycles. The molecule has 0 aliphatic carbocycles. The third-order valence-electron chi connectivity index (χ3n) is 3.72. The molecule has 5 nitrogen and oxygen atoms in total. The van der Waals surface area contributed by atoms with Gasteiger partial charge in [-0.05, 0) is 23.6 Å². The van der Waals surface area contributed by atoms with Crippen LogP contribution in [0.2, 0.25) is 0 Å². The van der Waals surface area contributed by atoms with Crippen LogP contribution < -0.4 is 10.6 Å². The molecular formula is C19H22N2O3. The van der Waals surface area contributed by atoms with E-state index in [1.54, 1.807) is 25.2 Å². The molecule has 5 heteroatoms. The van der Waals surface area contributed by atoms with Crippen molar-refractivity contribution in [1.82, 2.24) is 5.32 Å². The predicted octanol–water partition coefficient (Wildman–Crippen LogP) is 2.81. The molecule has 0 fully saturated rings. The van der Waals surface area contributed by atoms with Crippen LogP contribution in [0.3, 0.4) is 0 Å². The van der Waals surface area contributed by atoms with Crippen molar-refractivity contribution in [2.24, 2.45) is 0 Å². The third kappa shape index (κ3) is 4.84. The van der Waals surface area contributed by atoms with Crippen LogP contribution in [0.25, 0.3) is 0 Å². The smallest absolute Gasteiger partial charge is 0.340 e. The Kier molecular flexibility index (Phi) is 6.37. The molecule has 126 valence electrons. The molecule has 1 amide bonds. The van der Waals surface area contributed by atoms with Crippen LogP contribution in [-0.4, -0.2) is 32.1 Å². The van der Waals surface area contributed by atoms with Crippen LogP contribution in [0.15, 0.2) is 54.6 Å². The first kappa shape index (κ1) is 17.5. The molecule has 0 saturated heterocycles. The molecule has 1 atom stereocenters. The lowest BCUT2D eigenvalue weighted by atomic mass is 10.0. The lowest BCUT2D eigenvalue weighted by molar-refractivity contribution is -0.124. The van der Waals surface area contributed by atoms with E-state index in [0.717, 1.165) is 5.56 Å². The van der Waals surface area contributed by atoms with E-state index in [9.17, 15) is 9.59 Å². The number of anilines is 1. The summed E-state index contributed by atoms with van der Waals surface area (Å²) in [4.78, 5) is 23.9. The monoisotopic (exact) mass is 326 g/mol. The Morgan fingerprint density at radius 3 is 2.42 bits per heavy atom. The second-order valence-corrected chi connectivity index (χ2v) is 5.49. The van der Waals surface area contributed by atoms with Gasteiger partial charge in [-0.25, -0.2) is 4.79 Å². The summed E-state index contributed by atoms with van der Waals surface area (Å²) in [6.45, 7) is 2.23. The van der Waals surface area contributed by atoms with Gasteiger partial charge in [0, 0.05) is 19.3 Å². The maximum Gasteiger partial charge on any atom is 0.340 e. The Hall–Kier alpha value is -2.82. The Bertz CT molecular complexity index is 686. The molecule has 0 heterocycles. The summed E-state index contributed by atoms with van der Waals surface area (Å²) in [5, 5.41) is 5.71. The lowest BCUT2D eigenvalue weighted by Gasteiger charge is -2.13. The maximum atomic E-state index is 12.0. The van der Waals surface area contributed by atoms with Gasteiger partial charge in [-0.2, -0.15) is 0 Å². The summed E-state index contributed by atoms with van der Waals surface area (Å²) >= 11 is 0. The van der Waals surface area contributed by atoms with Crippen LogP contribution in [0.1, 0.15) is 28.8 Å². The standard InChI is InChI=1S/C19H22N2O3/c1-14(15-8-4-3-5-9-15)12-21-18(22)13-24-19(23)16-10-6-7-11-17(16)20-2/h3-11,14,20H,12-13H2,1-2H3,(H,21,22)/t14-/m0/s1. The highest BCUT2D eigenvalue weighted by Crippen LogP contribution is 2.15. The molecule has 2 aromatic rings. The third-order valence-corrected chi connectivity index (χ3v) is 3.72. The van der Waals surface area contributed by atoms with Crippen molar-refractivity contribution in [3.8, 4) is 0 Å². The number of nitrogens with one attached hydrogen (secondary N) is 2. The maximum absolute atomic E-state index is 12.0. The number of hydrogen-bond acceptors (Lipinski definition) is 4. The SMILES string of the molecule is CNc1ccccc1C(=O)OCC(=O)NC[C@H](C)c1ccccc1. The fraction of sp³-hybridized carbons (Fsp3) is 0.263. The molecule has 0 aliphatic heterocycles. The molecule has 0 spiro atoms. The zero-order valence-corrected chi connectivity index (χ0v) is 13.9. The summed E-state index contributed by atoms with van der Waals surface area (Å²) in [6, 6.07) is 16.9. The zero-order chi connectivity index (χ0) is 17.4. The van der Waals surface area contributed by atoms with Gasteiger partial charge in [0.05, 0.1) is 5.56 Å². The molecular weight excluding hydrogens is 304 g/mol. The van der Waals surface area contributed by atoms with Crippen molar-refractivity contribution in [2.45, 2.75) is 12.8 Å². The second kappa shape index (κ2) is 8.72. The summed E-state index contributed by atoms with van der Waals surface area (Å²) < 4.78 is 5.08. The van der Waals surface area contributed by atoms with Gasteiger partial charge < -0.3 is 15.4 Å². The molecule has 0 bridgehead atoms. The van der Waals surface area contributed by atoms with Crippen LogP contribution in [0, 0.1) is 0 Å². The van der Waals surface area contributed by atoms with Crippen molar-refractivity contribution in [1.29, 1.82) is 0 Å². The molecule has 0 aromatic heterocycles. The van der Waals surface area contributed by atoms with E-state index < -0.39 is 5.97 Å². The Morgan fingerprint density at radius 1 is 1.04 bits per heavy atom. The first-order valence-corrected chi connectivity index (χ1v) is 7.87. The molecule has 0 saturated carbocycles. The van der Waals surface area contributed by atoms with E-state index in [-0.39, 0.29) is 18.4 Å². The molecule has 2 N–H and O–H groups in total. The number of para-hydroxylation sites is 1. The minimum Gasteiger partial charge on any atom is -0.452 e. The predicted molar refractivity (Wildman–Crippen MR) is 94.1 cm³/mol. The van der Waals surface area contributed by atoms with Crippen LogP contribution in [-0.2, 0) is 9.53 Å². The van der Waals surface area contributed by atoms with Gasteiger partial charge in [0.15, 0.2) is 6.61 Å². The highest BCUT2D eigenvalue weighted by Gasteiger charge is 2.14. The van der Waals surface area contributed by atoms with Crippen molar-refractivity contribution >= 4 is 17.6 Å². The summed E-state index contributed by atoms with van der Waals surface area (Å²) in [5.74, 6) is -0.643. The largest absolute Gasteiger partial charge is 0.452 e. The fourth-order valence-electron chi connectivity index (χ4n) is 2.31. The molecule has 24 heavy (non-hydrogen) atoms. The number of carbonyl (C=O) groups is 2. The van der Waals surface area contributed by atoms with Gasteiger partial charge >= 0.3 is 5.97 Å². The molecule has 0 unspecified atom stereocenters. The number of carbonyl (C=O) groups excluding carboxylic acids is 2. The average molecular weight is 326 g/mol. The van der Waals surface area contributed by atoms with E-state index in [4.69, 9.17) is 4.74 Å². The van der Waals surface area contributed by atoms with Gasteiger partial charge in [0.1, 0.15) is 0 Å². The molecule has 0 aliphatic rings.